The van der Waals surface area contributed by atoms with Crippen molar-refractivity contribution < 1.29 is 22.8 Å². The van der Waals surface area contributed by atoms with Gasteiger partial charge in [0, 0.05) is 34.4 Å². The van der Waals surface area contributed by atoms with Crippen LogP contribution in [0.1, 0.15) is 17.2 Å². The highest BCUT2D eigenvalue weighted by atomic mass is 35.5. The normalized spacial score (nSPS) is 11.5. The van der Waals surface area contributed by atoms with E-state index in [-0.39, 0.29) is 10.7 Å². The summed E-state index contributed by atoms with van der Waals surface area (Å²) in [6.45, 7) is 0. The van der Waals surface area contributed by atoms with Crippen LogP contribution in [0.25, 0.3) is 0 Å². The van der Waals surface area contributed by atoms with Gasteiger partial charge in [-0.05, 0) is 6.07 Å². The van der Waals surface area contributed by atoms with Crippen LogP contribution in [-0.4, -0.2) is 54.8 Å². The third-order valence-corrected chi connectivity index (χ3v) is 3.15. The number of carbonyl (C=O) groups excluding carboxylic acids is 2. The Morgan fingerprint density at radius 3 is 1.91 bits per heavy atom. The predicted molar refractivity (Wildman–Crippen MR) is 74.4 cm³/mol. The number of alkyl halides is 3. The highest BCUT2D eigenvalue weighted by Gasteiger charge is 2.36. The quantitative estimate of drug-likeness (QED) is 0.793. The lowest BCUT2D eigenvalue weighted by Crippen LogP contribution is -2.39. The molecule has 1 rings (SSSR count). The van der Waals surface area contributed by atoms with Crippen molar-refractivity contribution in [2.45, 2.75) is 12.1 Å². The molecule has 0 saturated carbocycles. The molecule has 1 heterocycles. The van der Waals surface area contributed by atoms with Gasteiger partial charge in [-0.15, -0.1) is 0 Å². The van der Waals surface area contributed by atoms with E-state index in [9.17, 15) is 22.8 Å². The molecule has 0 spiro atoms. The first kappa shape index (κ1) is 18.2. The van der Waals surface area contributed by atoms with Gasteiger partial charge in [0.15, 0.2) is 5.92 Å². The molecule has 2 amide bonds. The summed E-state index contributed by atoms with van der Waals surface area (Å²) in [5.74, 6) is -2.62. The number of amides is 2. The molecule has 0 atom stereocenters. The molecule has 0 aliphatic heterocycles. The van der Waals surface area contributed by atoms with Gasteiger partial charge < -0.3 is 9.80 Å². The standard InChI is InChI=1S/C13H15ClF3N3O2/c1-19(2)11(21)9(12(22)20(3)4)10-8(14)5-7(6-18-10)13(15,16)17/h5-6,9H,1-4H3. The Bertz CT molecular complexity index is 568. The van der Waals surface area contributed by atoms with Crippen molar-refractivity contribution in [3.63, 3.8) is 0 Å². The fourth-order valence-corrected chi connectivity index (χ4v) is 1.95. The van der Waals surface area contributed by atoms with Gasteiger partial charge in [-0.2, -0.15) is 13.2 Å². The molecule has 5 nitrogen and oxygen atoms in total. The van der Waals surface area contributed by atoms with Crippen LogP contribution in [0.3, 0.4) is 0 Å². The van der Waals surface area contributed by atoms with Crippen LogP contribution >= 0.6 is 11.6 Å². The smallest absolute Gasteiger partial charge is 0.348 e. The lowest BCUT2D eigenvalue weighted by molar-refractivity contribution is -0.140. The monoisotopic (exact) mass is 337 g/mol. The van der Waals surface area contributed by atoms with E-state index >= 15 is 0 Å². The summed E-state index contributed by atoms with van der Waals surface area (Å²) >= 11 is 5.82. The molecular weight excluding hydrogens is 323 g/mol. The third-order valence-electron chi connectivity index (χ3n) is 2.85. The van der Waals surface area contributed by atoms with E-state index in [0.29, 0.717) is 12.3 Å². The number of hydrogen-bond donors (Lipinski definition) is 0. The number of hydrogen-bond acceptors (Lipinski definition) is 3. The molecule has 0 aliphatic rings. The Hall–Kier alpha value is -1.83. The van der Waals surface area contributed by atoms with Crippen LogP contribution in [-0.2, 0) is 15.8 Å². The second-order valence-corrected chi connectivity index (χ2v) is 5.39. The van der Waals surface area contributed by atoms with Gasteiger partial charge in [0.25, 0.3) is 0 Å². The molecule has 0 radical (unpaired) electrons. The Morgan fingerprint density at radius 2 is 1.59 bits per heavy atom. The zero-order chi connectivity index (χ0) is 17.2. The molecule has 0 saturated heterocycles. The number of halogens is 4. The molecule has 0 unspecified atom stereocenters. The van der Waals surface area contributed by atoms with Crippen molar-refractivity contribution in [2.24, 2.45) is 0 Å². The van der Waals surface area contributed by atoms with E-state index in [0.717, 1.165) is 9.80 Å². The van der Waals surface area contributed by atoms with Crippen LogP contribution in [0, 0.1) is 0 Å². The Kier molecular flexibility index (Phi) is 5.39. The summed E-state index contributed by atoms with van der Waals surface area (Å²) in [5.41, 5.74) is -1.25. The van der Waals surface area contributed by atoms with Crippen LogP contribution in [0.15, 0.2) is 12.3 Å². The number of nitrogens with zero attached hydrogens (tertiary/aromatic N) is 3. The van der Waals surface area contributed by atoms with Crippen molar-refractivity contribution >= 4 is 23.4 Å². The lowest BCUT2D eigenvalue weighted by atomic mass is 10.0. The molecule has 122 valence electrons. The van der Waals surface area contributed by atoms with Gasteiger partial charge in [0.1, 0.15) is 0 Å². The van der Waals surface area contributed by atoms with Crippen LogP contribution < -0.4 is 0 Å². The van der Waals surface area contributed by atoms with Gasteiger partial charge >= 0.3 is 6.18 Å². The summed E-state index contributed by atoms with van der Waals surface area (Å²) in [4.78, 5) is 30.3. The van der Waals surface area contributed by atoms with Gasteiger partial charge in [-0.1, -0.05) is 11.6 Å². The maximum absolute atomic E-state index is 12.6. The summed E-state index contributed by atoms with van der Waals surface area (Å²) in [6, 6.07) is 0.656. The van der Waals surface area contributed by atoms with Crippen molar-refractivity contribution in [1.29, 1.82) is 0 Å². The second kappa shape index (κ2) is 6.51. The second-order valence-electron chi connectivity index (χ2n) is 4.99. The maximum Gasteiger partial charge on any atom is 0.417 e. The number of pyridine rings is 1. The molecule has 0 aromatic carbocycles. The number of carbonyl (C=O) groups is 2. The molecule has 1 aromatic heterocycles. The lowest BCUT2D eigenvalue weighted by Gasteiger charge is -2.23. The predicted octanol–water partition coefficient (Wildman–Crippen LogP) is 2.01. The van der Waals surface area contributed by atoms with Crippen molar-refractivity contribution in [2.75, 3.05) is 28.2 Å². The molecule has 1 aromatic rings. The number of rotatable bonds is 3. The van der Waals surface area contributed by atoms with Gasteiger partial charge in [0.05, 0.1) is 16.3 Å². The minimum atomic E-state index is -4.61. The molecular formula is C13H15ClF3N3O2. The minimum absolute atomic E-state index is 0.202. The summed E-state index contributed by atoms with van der Waals surface area (Å²) in [5, 5.41) is -0.384. The van der Waals surface area contributed by atoms with Gasteiger partial charge in [0.2, 0.25) is 11.8 Å². The van der Waals surface area contributed by atoms with Gasteiger partial charge in [-0.3, -0.25) is 14.6 Å². The molecule has 22 heavy (non-hydrogen) atoms. The topological polar surface area (TPSA) is 53.5 Å². The highest BCUT2D eigenvalue weighted by molar-refractivity contribution is 6.32. The average molecular weight is 338 g/mol. The number of likely N-dealkylation sites (N-methyl/N-ethyl adjacent to an activating group) is 2. The van der Waals surface area contributed by atoms with Crippen molar-refractivity contribution in [3.8, 4) is 0 Å². The van der Waals surface area contributed by atoms with E-state index in [1.165, 1.54) is 28.2 Å². The molecule has 9 heteroatoms. The minimum Gasteiger partial charge on any atom is -0.348 e. The zero-order valence-corrected chi connectivity index (χ0v) is 13.2. The van der Waals surface area contributed by atoms with Crippen LogP contribution in [0.5, 0.6) is 0 Å². The fraction of sp³-hybridized carbons (Fsp3) is 0.462. The first-order valence-electron chi connectivity index (χ1n) is 6.11. The SMILES string of the molecule is CN(C)C(=O)C(C(=O)N(C)C)c1ncc(C(F)(F)F)cc1Cl. The zero-order valence-electron chi connectivity index (χ0n) is 12.4. The first-order chi connectivity index (χ1) is 9.96. The third kappa shape index (κ3) is 3.88. The van der Waals surface area contributed by atoms with E-state index < -0.39 is 29.5 Å². The van der Waals surface area contributed by atoms with Crippen LogP contribution in [0.4, 0.5) is 13.2 Å². The largest absolute Gasteiger partial charge is 0.417 e. The summed E-state index contributed by atoms with van der Waals surface area (Å²) < 4.78 is 37.9. The van der Waals surface area contributed by atoms with Gasteiger partial charge in [-0.25, -0.2) is 0 Å². The summed E-state index contributed by atoms with van der Waals surface area (Å²) in [7, 11) is 5.71. The van der Waals surface area contributed by atoms with Crippen LogP contribution in [0.2, 0.25) is 5.02 Å². The Labute approximate surface area is 130 Å². The van der Waals surface area contributed by atoms with E-state index in [1.807, 2.05) is 0 Å². The average Bonchev–Trinajstić information content (AvgIpc) is 2.38. The Balaban J connectivity index is 3.38. The molecule has 0 aliphatic carbocycles. The first-order valence-corrected chi connectivity index (χ1v) is 6.49. The van der Waals surface area contributed by atoms with Crippen molar-refractivity contribution in [1.82, 2.24) is 14.8 Å². The van der Waals surface area contributed by atoms with E-state index in [1.54, 1.807) is 0 Å². The van der Waals surface area contributed by atoms with E-state index in [2.05, 4.69) is 4.98 Å². The highest BCUT2D eigenvalue weighted by Crippen LogP contribution is 2.33. The molecule has 0 fully saturated rings. The Morgan fingerprint density at radius 1 is 1.14 bits per heavy atom. The maximum atomic E-state index is 12.6. The molecule has 0 N–H and O–H groups in total. The molecule has 0 bridgehead atoms. The fourth-order valence-electron chi connectivity index (χ4n) is 1.67. The number of aromatic nitrogens is 1. The van der Waals surface area contributed by atoms with E-state index in [4.69, 9.17) is 11.6 Å². The summed E-state index contributed by atoms with van der Waals surface area (Å²) in [6.07, 6.45) is -4.05. The van der Waals surface area contributed by atoms with Crippen molar-refractivity contribution in [3.05, 3.63) is 28.5 Å².